The number of hydrogen-bond acceptors (Lipinski definition) is 6. The van der Waals surface area contributed by atoms with Crippen LogP contribution in [0, 0.1) is 0 Å². The fraction of sp³-hybridized carbons (Fsp3) is 0.733. The zero-order valence-electron chi connectivity index (χ0n) is 13.7. The minimum atomic E-state index is -1.10. The van der Waals surface area contributed by atoms with E-state index in [4.69, 9.17) is 4.74 Å². The third-order valence-corrected chi connectivity index (χ3v) is 4.95. The van der Waals surface area contributed by atoms with Crippen molar-refractivity contribution in [3.8, 4) is 0 Å². The molecule has 0 radical (unpaired) electrons. The maximum absolute atomic E-state index is 11.9. The molecule has 134 valence electrons. The van der Waals surface area contributed by atoms with Gasteiger partial charge in [0.25, 0.3) is 5.91 Å². The van der Waals surface area contributed by atoms with Gasteiger partial charge in [-0.3, -0.25) is 19.7 Å². The molecule has 0 aromatic rings. The molecule has 2 aliphatic rings. The molecular weight excluding hydrogens is 334 g/mol. The number of carbonyl (C=O) groups excluding carboxylic acids is 4. The van der Waals surface area contributed by atoms with Gasteiger partial charge in [-0.25, -0.2) is 4.79 Å². The second-order valence-corrected chi connectivity index (χ2v) is 6.95. The number of imide groups is 1. The summed E-state index contributed by atoms with van der Waals surface area (Å²) >= 11 is 1.42. The van der Waals surface area contributed by atoms with Crippen LogP contribution < -0.4 is 10.6 Å². The Balaban J connectivity index is 1.69. The Labute approximate surface area is 145 Å². The van der Waals surface area contributed by atoms with E-state index in [1.165, 1.54) is 30.0 Å². The van der Waals surface area contributed by atoms with Gasteiger partial charge in [-0.2, -0.15) is 0 Å². The Morgan fingerprint density at radius 1 is 1.29 bits per heavy atom. The molecule has 0 spiro atoms. The lowest BCUT2D eigenvalue weighted by atomic mass is 9.96. The van der Waals surface area contributed by atoms with Crippen LogP contribution in [0.4, 0.5) is 4.79 Å². The number of ether oxygens (including phenoxy) is 1. The first-order valence-electron chi connectivity index (χ1n) is 8.12. The number of esters is 1. The molecule has 2 N–H and O–H groups in total. The maximum atomic E-state index is 11.9. The highest BCUT2D eigenvalue weighted by Gasteiger charge is 2.26. The topological polar surface area (TPSA) is 105 Å². The molecule has 1 aliphatic carbocycles. The van der Waals surface area contributed by atoms with Gasteiger partial charge in [0.15, 0.2) is 6.10 Å². The number of rotatable bonds is 5. The zero-order valence-corrected chi connectivity index (χ0v) is 14.5. The third kappa shape index (κ3) is 5.70. The lowest BCUT2D eigenvalue weighted by Crippen LogP contribution is -2.48. The van der Waals surface area contributed by atoms with Crippen LogP contribution in [0.1, 0.15) is 39.0 Å². The molecule has 0 unspecified atom stereocenters. The predicted molar refractivity (Wildman–Crippen MR) is 88.1 cm³/mol. The molecule has 8 nitrogen and oxygen atoms in total. The van der Waals surface area contributed by atoms with Crippen LogP contribution in [0.5, 0.6) is 0 Å². The highest BCUT2D eigenvalue weighted by Crippen LogP contribution is 2.17. The van der Waals surface area contributed by atoms with E-state index in [1.807, 2.05) is 0 Å². The van der Waals surface area contributed by atoms with Crippen LogP contribution in [0.3, 0.4) is 0 Å². The van der Waals surface area contributed by atoms with Gasteiger partial charge in [0, 0.05) is 6.04 Å². The quantitative estimate of drug-likeness (QED) is 0.699. The van der Waals surface area contributed by atoms with Crippen molar-refractivity contribution in [2.45, 2.75) is 51.2 Å². The highest BCUT2D eigenvalue weighted by atomic mass is 32.2. The molecule has 4 amide bonds. The SMILES string of the molecule is C[C@H](OC(=O)CN1CSCC1=O)C(=O)NC(=O)NC1CCCCC1. The van der Waals surface area contributed by atoms with Crippen molar-refractivity contribution in [1.29, 1.82) is 0 Å². The molecular formula is C15H23N3O5S. The molecule has 24 heavy (non-hydrogen) atoms. The predicted octanol–water partition coefficient (Wildman–Crippen LogP) is 0.610. The highest BCUT2D eigenvalue weighted by molar-refractivity contribution is 8.00. The minimum absolute atomic E-state index is 0.0862. The number of thioether (sulfide) groups is 1. The van der Waals surface area contributed by atoms with E-state index in [0.717, 1.165) is 25.7 Å². The summed E-state index contributed by atoms with van der Waals surface area (Å²) in [6.07, 6.45) is 4.03. The van der Waals surface area contributed by atoms with Gasteiger partial charge in [-0.15, -0.1) is 11.8 Å². The summed E-state index contributed by atoms with van der Waals surface area (Å²) in [4.78, 5) is 48.2. The van der Waals surface area contributed by atoms with E-state index in [-0.39, 0.29) is 18.5 Å². The van der Waals surface area contributed by atoms with Crippen molar-refractivity contribution < 1.29 is 23.9 Å². The van der Waals surface area contributed by atoms with E-state index < -0.39 is 24.0 Å². The first kappa shape index (κ1) is 18.6. The fourth-order valence-corrected chi connectivity index (χ4v) is 3.57. The zero-order chi connectivity index (χ0) is 17.5. The molecule has 1 aliphatic heterocycles. The van der Waals surface area contributed by atoms with Gasteiger partial charge in [-0.1, -0.05) is 19.3 Å². The molecule has 1 atom stereocenters. The van der Waals surface area contributed by atoms with Crippen molar-refractivity contribution in [2.75, 3.05) is 18.2 Å². The monoisotopic (exact) mass is 357 g/mol. The normalized spacial score (nSPS) is 19.7. The summed E-state index contributed by atoms with van der Waals surface area (Å²) < 4.78 is 4.98. The summed E-state index contributed by atoms with van der Waals surface area (Å²) in [5.41, 5.74) is 0. The number of nitrogens with zero attached hydrogens (tertiary/aromatic N) is 1. The molecule has 0 aromatic heterocycles. The Bertz CT molecular complexity index is 507. The molecule has 0 aromatic carbocycles. The second-order valence-electron chi connectivity index (χ2n) is 6.00. The number of hydrogen-bond donors (Lipinski definition) is 2. The summed E-state index contributed by atoms with van der Waals surface area (Å²) in [7, 11) is 0. The number of amides is 4. The summed E-state index contributed by atoms with van der Waals surface area (Å²) in [5.74, 6) is -0.677. The van der Waals surface area contributed by atoms with Gasteiger partial charge < -0.3 is 15.0 Å². The van der Waals surface area contributed by atoms with E-state index in [2.05, 4.69) is 10.6 Å². The van der Waals surface area contributed by atoms with E-state index in [9.17, 15) is 19.2 Å². The van der Waals surface area contributed by atoms with Crippen LogP contribution in [-0.2, 0) is 19.1 Å². The van der Waals surface area contributed by atoms with Crippen molar-refractivity contribution in [3.63, 3.8) is 0 Å². The largest absolute Gasteiger partial charge is 0.451 e. The lowest BCUT2D eigenvalue weighted by molar-refractivity contribution is -0.156. The average molecular weight is 357 g/mol. The first-order valence-corrected chi connectivity index (χ1v) is 9.27. The Morgan fingerprint density at radius 2 is 2.00 bits per heavy atom. The van der Waals surface area contributed by atoms with E-state index in [0.29, 0.717) is 11.6 Å². The van der Waals surface area contributed by atoms with Crippen molar-refractivity contribution in [2.24, 2.45) is 0 Å². The molecule has 1 saturated heterocycles. The van der Waals surface area contributed by atoms with Gasteiger partial charge in [0.1, 0.15) is 6.54 Å². The van der Waals surface area contributed by atoms with Crippen LogP contribution in [0.25, 0.3) is 0 Å². The summed E-state index contributed by atoms with van der Waals surface area (Å²) in [5, 5.41) is 4.94. The lowest BCUT2D eigenvalue weighted by Gasteiger charge is -2.23. The first-order chi connectivity index (χ1) is 11.5. The fourth-order valence-electron chi connectivity index (χ4n) is 2.67. The second kappa shape index (κ2) is 8.91. The molecule has 2 rings (SSSR count). The minimum Gasteiger partial charge on any atom is -0.451 e. The summed E-state index contributed by atoms with van der Waals surface area (Å²) in [6, 6.07) is -0.482. The summed E-state index contributed by atoms with van der Waals surface area (Å²) in [6.45, 7) is 1.21. The standard InChI is InChI=1S/C15H23N3O5S/c1-10(23-13(20)7-18-9-24-8-12(18)19)14(21)17-15(22)16-11-5-3-2-4-6-11/h10-11H,2-9H2,1H3,(H2,16,17,21,22)/t10-/m0/s1. The molecule has 2 fully saturated rings. The van der Waals surface area contributed by atoms with Gasteiger partial charge in [0.05, 0.1) is 11.6 Å². The third-order valence-electron chi connectivity index (χ3n) is 4.00. The Hall–Kier alpha value is -1.77. The van der Waals surface area contributed by atoms with Gasteiger partial charge in [0.2, 0.25) is 5.91 Å². The van der Waals surface area contributed by atoms with Crippen molar-refractivity contribution in [1.82, 2.24) is 15.5 Å². The van der Waals surface area contributed by atoms with Crippen LogP contribution in [0.2, 0.25) is 0 Å². The Kier molecular flexibility index (Phi) is 6.89. The van der Waals surface area contributed by atoms with Crippen molar-refractivity contribution >= 4 is 35.6 Å². The number of urea groups is 1. The van der Waals surface area contributed by atoms with E-state index >= 15 is 0 Å². The Morgan fingerprint density at radius 3 is 2.62 bits per heavy atom. The molecule has 9 heteroatoms. The number of carbonyl (C=O) groups is 4. The molecule has 1 heterocycles. The van der Waals surface area contributed by atoms with Crippen molar-refractivity contribution in [3.05, 3.63) is 0 Å². The molecule has 0 bridgehead atoms. The van der Waals surface area contributed by atoms with Gasteiger partial charge >= 0.3 is 12.0 Å². The van der Waals surface area contributed by atoms with Crippen LogP contribution in [0.15, 0.2) is 0 Å². The van der Waals surface area contributed by atoms with E-state index in [1.54, 1.807) is 0 Å². The molecule has 1 saturated carbocycles. The smallest absolute Gasteiger partial charge is 0.326 e. The number of nitrogens with one attached hydrogen (secondary N) is 2. The van der Waals surface area contributed by atoms with Crippen LogP contribution in [-0.4, -0.2) is 59.0 Å². The van der Waals surface area contributed by atoms with Crippen LogP contribution >= 0.6 is 11.8 Å². The maximum Gasteiger partial charge on any atom is 0.326 e. The van der Waals surface area contributed by atoms with Gasteiger partial charge in [-0.05, 0) is 19.8 Å². The average Bonchev–Trinajstić information content (AvgIpc) is 2.93.